The van der Waals surface area contributed by atoms with Gasteiger partial charge in [0.15, 0.2) is 0 Å². The number of likely N-dealkylation sites (tertiary alicyclic amines) is 1. The number of hydrogen-bond donors (Lipinski definition) is 0. The summed E-state index contributed by atoms with van der Waals surface area (Å²) in [5.41, 5.74) is 2.58. The molecule has 3 heterocycles. The van der Waals surface area contributed by atoms with E-state index in [2.05, 4.69) is 31.0 Å². The number of rotatable bonds is 6. The number of benzene rings is 2. The lowest BCUT2D eigenvalue weighted by Gasteiger charge is -2.33. The van der Waals surface area contributed by atoms with Crippen LogP contribution in [-0.2, 0) is 27.8 Å². The van der Waals surface area contributed by atoms with Gasteiger partial charge in [-0.3, -0.25) is 9.69 Å². The second kappa shape index (κ2) is 10.0. The van der Waals surface area contributed by atoms with E-state index in [1.54, 1.807) is 18.2 Å². The first-order valence-corrected chi connectivity index (χ1v) is 14.1. The summed E-state index contributed by atoms with van der Waals surface area (Å²) in [4.78, 5) is 22.3. The Kier molecular flexibility index (Phi) is 6.99. The van der Waals surface area contributed by atoms with Gasteiger partial charge in [0.2, 0.25) is 27.6 Å². The molecule has 1 aromatic heterocycles. The van der Waals surface area contributed by atoms with Crippen molar-refractivity contribution in [2.45, 2.75) is 30.7 Å². The summed E-state index contributed by atoms with van der Waals surface area (Å²) in [7, 11) is -0.477. The van der Waals surface area contributed by atoms with Gasteiger partial charge in [-0.2, -0.15) is 4.98 Å². The van der Waals surface area contributed by atoms with E-state index in [9.17, 15) is 13.2 Å². The minimum atomic E-state index is -3.51. The summed E-state index contributed by atoms with van der Waals surface area (Å²) in [5.74, 6) is 1.02. The summed E-state index contributed by atoms with van der Waals surface area (Å²) in [6.45, 7) is 2.54. The van der Waals surface area contributed by atoms with Crippen molar-refractivity contribution in [2.24, 2.45) is 5.92 Å². The standard InChI is InChI=1S/C25H28BrN5O4S/c1-29(2)36(33,34)21-8-9-22-17(14-21)10-12-31(22)25(32)19-6-4-11-30(15-19)16-23-27-24(28-35-23)18-5-3-7-20(26)13-18/h3,5,7-9,13-14,19H,4,6,10-12,15-16H2,1-2H3. The molecular formula is C25H28BrN5O4S. The summed E-state index contributed by atoms with van der Waals surface area (Å²) in [6, 6.07) is 12.8. The first-order valence-electron chi connectivity index (χ1n) is 11.9. The van der Waals surface area contributed by atoms with Crippen molar-refractivity contribution >= 4 is 37.5 Å². The van der Waals surface area contributed by atoms with Crippen molar-refractivity contribution in [3.63, 3.8) is 0 Å². The number of aromatic nitrogens is 2. The van der Waals surface area contributed by atoms with Crippen LogP contribution in [0.3, 0.4) is 0 Å². The van der Waals surface area contributed by atoms with Crippen molar-refractivity contribution < 1.29 is 17.7 Å². The first-order chi connectivity index (χ1) is 17.2. The van der Waals surface area contributed by atoms with Crippen LogP contribution in [0.5, 0.6) is 0 Å². The molecule has 0 bridgehead atoms. The maximum Gasteiger partial charge on any atom is 0.242 e. The van der Waals surface area contributed by atoms with Crippen LogP contribution >= 0.6 is 15.9 Å². The Bertz CT molecular complexity index is 1390. The Morgan fingerprint density at radius 1 is 1.19 bits per heavy atom. The molecule has 1 saturated heterocycles. The van der Waals surface area contributed by atoms with Gasteiger partial charge in [0.25, 0.3) is 0 Å². The number of amides is 1. The van der Waals surface area contributed by atoms with Crippen LogP contribution in [0.4, 0.5) is 5.69 Å². The zero-order chi connectivity index (χ0) is 25.4. The van der Waals surface area contributed by atoms with Gasteiger partial charge in [-0.25, -0.2) is 12.7 Å². The molecule has 1 fully saturated rings. The van der Waals surface area contributed by atoms with Gasteiger partial charge in [-0.1, -0.05) is 33.2 Å². The Morgan fingerprint density at radius 2 is 2.03 bits per heavy atom. The monoisotopic (exact) mass is 573 g/mol. The van der Waals surface area contributed by atoms with Crippen LogP contribution in [0.2, 0.25) is 0 Å². The average Bonchev–Trinajstić information content (AvgIpc) is 3.50. The topological polar surface area (TPSA) is 99.9 Å². The van der Waals surface area contributed by atoms with Crippen LogP contribution in [-0.4, -0.2) is 67.4 Å². The predicted octanol–water partition coefficient (Wildman–Crippen LogP) is 3.55. The summed E-state index contributed by atoms with van der Waals surface area (Å²) in [5, 5.41) is 4.12. The fourth-order valence-electron chi connectivity index (χ4n) is 4.85. The highest BCUT2D eigenvalue weighted by atomic mass is 79.9. The molecule has 9 nitrogen and oxygen atoms in total. The van der Waals surface area contributed by atoms with Crippen molar-refractivity contribution in [3.8, 4) is 11.4 Å². The molecule has 0 radical (unpaired) electrons. The Balaban J connectivity index is 1.26. The molecule has 36 heavy (non-hydrogen) atoms. The van der Waals surface area contributed by atoms with Crippen LogP contribution < -0.4 is 4.90 Å². The summed E-state index contributed by atoms with van der Waals surface area (Å²) < 4.78 is 32.6. The molecule has 0 aliphatic carbocycles. The molecule has 1 amide bonds. The average molecular weight is 575 g/mol. The summed E-state index contributed by atoms with van der Waals surface area (Å²) >= 11 is 3.46. The van der Waals surface area contributed by atoms with E-state index >= 15 is 0 Å². The maximum absolute atomic E-state index is 13.5. The number of fused-ring (bicyclic) bond motifs is 1. The fraction of sp³-hybridized carbons (Fsp3) is 0.400. The van der Waals surface area contributed by atoms with E-state index in [0.717, 1.165) is 40.7 Å². The van der Waals surface area contributed by atoms with Crippen LogP contribution in [0.25, 0.3) is 11.4 Å². The number of halogens is 1. The quantitative estimate of drug-likeness (QED) is 0.444. The number of sulfonamides is 1. The van der Waals surface area contributed by atoms with Crippen molar-refractivity contribution in [2.75, 3.05) is 38.6 Å². The SMILES string of the molecule is CN(C)S(=O)(=O)c1ccc2c(c1)CCN2C(=O)C1CCCN(Cc2nc(-c3cccc(Br)c3)no2)C1. The fourth-order valence-corrected chi connectivity index (χ4v) is 6.21. The molecule has 0 N–H and O–H groups in total. The molecule has 11 heteroatoms. The van der Waals surface area contributed by atoms with Crippen LogP contribution in [0.15, 0.2) is 56.4 Å². The Labute approximate surface area is 219 Å². The first kappa shape index (κ1) is 25.1. The third-order valence-corrected chi connectivity index (χ3v) is 9.06. The number of hydrogen-bond acceptors (Lipinski definition) is 7. The molecule has 3 aromatic rings. The highest BCUT2D eigenvalue weighted by Crippen LogP contribution is 2.33. The van der Waals surface area contributed by atoms with Gasteiger partial charge in [0.05, 0.1) is 17.4 Å². The molecule has 1 unspecified atom stereocenters. The number of piperidine rings is 1. The molecular weight excluding hydrogens is 546 g/mol. The van der Waals surface area contributed by atoms with Crippen molar-refractivity contribution in [1.82, 2.24) is 19.3 Å². The number of carbonyl (C=O) groups is 1. The number of anilines is 1. The van der Waals surface area contributed by atoms with E-state index in [1.807, 2.05) is 29.2 Å². The highest BCUT2D eigenvalue weighted by Gasteiger charge is 2.34. The third kappa shape index (κ3) is 4.97. The second-order valence-electron chi connectivity index (χ2n) is 9.41. The molecule has 5 rings (SSSR count). The number of carbonyl (C=O) groups excluding carboxylic acids is 1. The van der Waals surface area contributed by atoms with Gasteiger partial charge >= 0.3 is 0 Å². The van der Waals surface area contributed by atoms with Crippen molar-refractivity contribution in [1.29, 1.82) is 0 Å². The lowest BCUT2D eigenvalue weighted by molar-refractivity contribution is -0.124. The molecule has 190 valence electrons. The van der Waals surface area contributed by atoms with E-state index in [0.29, 0.717) is 37.8 Å². The highest BCUT2D eigenvalue weighted by molar-refractivity contribution is 9.10. The van der Waals surface area contributed by atoms with Crippen molar-refractivity contribution in [3.05, 3.63) is 58.4 Å². The lowest BCUT2D eigenvalue weighted by atomic mass is 9.96. The molecule has 2 aliphatic heterocycles. The molecule has 2 aliphatic rings. The van der Waals surface area contributed by atoms with Gasteiger partial charge in [-0.15, -0.1) is 0 Å². The van der Waals surface area contributed by atoms with E-state index in [-0.39, 0.29) is 16.7 Å². The lowest BCUT2D eigenvalue weighted by Crippen LogP contribution is -2.44. The van der Waals surface area contributed by atoms with Gasteiger partial charge in [0, 0.05) is 42.9 Å². The second-order valence-corrected chi connectivity index (χ2v) is 12.5. The Hall–Kier alpha value is -2.60. The van der Waals surface area contributed by atoms with E-state index in [1.165, 1.54) is 18.4 Å². The molecule has 0 spiro atoms. The normalized spacial score (nSPS) is 18.6. The largest absolute Gasteiger partial charge is 0.338 e. The Morgan fingerprint density at radius 3 is 2.81 bits per heavy atom. The zero-order valence-corrected chi connectivity index (χ0v) is 22.6. The van der Waals surface area contributed by atoms with Crippen LogP contribution in [0.1, 0.15) is 24.3 Å². The smallest absolute Gasteiger partial charge is 0.242 e. The van der Waals surface area contributed by atoms with Gasteiger partial charge < -0.3 is 9.42 Å². The van der Waals surface area contributed by atoms with Gasteiger partial charge in [0.1, 0.15) is 0 Å². The van der Waals surface area contributed by atoms with Crippen LogP contribution in [0, 0.1) is 5.92 Å². The predicted molar refractivity (Wildman–Crippen MR) is 139 cm³/mol. The maximum atomic E-state index is 13.5. The number of nitrogens with zero attached hydrogens (tertiary/aromatic N) is 5. The molecule has 2 aromatic carbocycles. The van der Waals surface area contributed by atoms with E-state index in [4.69, 9.17) is 4.52 Å². The van der Waals surface area contributed by atoms with E-state index < -0.39 is 10.0 Å². The minimum absolute atomic E-state index is 0.0852. The minimum Gasteiger partial charge on any atom is -0.338 e. The third-order valence-electron chi connectivity index (χ3n) is 6.76. The van der Waals surface area contributed by atoms with Gasteiger partial charge in [-0.05, 0) is 61.7 Å². The molecule has 1 atom stereocenters. The molecule has 0 saturated carbocycles. The summed E-state index contributed by atoms with van der Waals surface area (Å²) in [6.07, 6.45) is 2.37. The zero-order valence-electron chi connectivity index (χ0n) is 20.2.